The average molecular weight is 171 g/mol. The number of carbonyl (C=O) groups is 1. The molecule has 0 aromatic carbocycles. The molecule has 0 aromatic heterocycles. The number of primary amides is 1. The zero-order valence-corrected chi connectivity index (χ0v) is 7.79. The number of nitrogens with two attached hydrogens (primary N) is 1. The maximum absolute atomic E-state index is 10.6. The molecule has 1 heterocycles. The first kappa shape index (κ1) is 9.48. The van der Waals surface area contributed by atoms with E-state index in [2.05, 4.69) is 23.9 Å². The number of hydrogen-bond acceptors (Lipinski definition) is 3. The Bertz CT molecular complexity index is 170. The molecule has 0 bridgehead atoms. The van der Waals surface area contributed by atoms with E-state index in [9.17, 15) is 4.79 Å². The van der Waals surface area contributed by atoms with Gasteiger partial charge in [-0.05, 0) is 20.5 Å². The number of rotatable bonds is 3. The van der Waals surface area contributed by atoms with Crippen molar-refractivity contribution in [1.29, 1.82) is 0 Å². The van der Waals surface area contributed by atoms with E-state index in [0.29, 0.717) is 12.6 Å². The fourth-order valence-corrected chi connectivity index (χ4v) is 1.60. The van der Waals surface area contributed by atoms with Crippen LogP contribution in [0, 0.1) is 0 Å². The lowest BCUT2D eigenvalue weighted by molar-refractivity contribution is -0.118. The van der Waals surface area contributed by atoms with Gasteiger partial charge in [-0.25, -0.2) is 0 Å². The lowest BCUT2D eigenvalue weighted by Crippen LogP contribution is -2.35. The van der Waals surface area contributed by atoms with E-state index in [-0.39, 0.29) is 5.91 Å². The quantitative estimate of drug-likeness (QED) is 0.599. The van der Waals surface area contributed by atoms with E-state index >= 15 is 0 Å². The largest absolute Gasteiger partial charge is 0.369 e. The fraction of sp³-hybridized carbons (Fsp3) is 0.875. The maximum Gasteiger partial charge on any atom is 0.231 e. The highest BCUT2D eigenvalue weighted by Gasteiger charge is 2.24. The zero-order chi connectivity index (χ0) is 9.14. The summed E-state index contributed by atoms with van der Waals surface area (Å²) in [5.74, 6) is -0.227. The summed E-state index contributed by atoms with van der Waals surface area (Å²) in [7, 11) is 4.14. The van der Waals surface area contributed by atoms with Gasteiger partial charge in [0, 0.05) is 19.1 Å². The van der Waals surface area contributed by atoms with Crippen molar-refractivity contribution in [2.75, 3.05) is 33.7 Å². The van der Waals surface area contributed by atoms with Gasteiger partial charge in [0.15, 0.2) is 0 Å². The van der Waals surface area contributed by atoms with Crippen LogP contribution in [0.1, 0.15) is 6.42 Å². The van der Waals surface area contributed by atoms with Crippen molar-refractivity contribution in [3.8, 4) is 0 Å². The summed E-state index contributed by atoms with van der Waals surface area (Å²) in [6.07, 6.45) is 1.14. The standard InChI is InChI=1S/C8H17N3O/c1-10(2)7-3-4-11(5-7)6-8(9)12/h7H,3-6H2,1-2H3,(H2,9,12)/t7-/m0/s1. The van der Waals surface area contributed by atoms with Crippen LogP contribution in [0.4, 0.5) is 0 Å². The van der Waals surface area contributed by atoms with Crippen molar-refractivity contribution >= 4 is 5.91 Å². The highest BCUT2D eigenvalue weighted by Crippen LogP contribution is 2.11. The SMILES string of the molecule is CN(C)[C@H]1CCN(CC(N)=O)C1. The highest BCUT2D eigenvalue weighted by molar-refractivity contribution is 5.75. The molecule has 1 saturated heterocycles. The van der Waals surface area contributed by atoms with E-state index in [1.807, 2.05) is 0 Å². The molecule has 0 aromatic rings. The van der Waals surface area contributed by atoms with Crippen LogP contribution in [0.3, 0.4) is 0 Å². The van der Waals surface area contributed by atoms with Gasteiger partial charge in [0.2, 0.25) is 5.91 Å². The fourth-order valence-electron chi connectivity index (χ4n) is 1.60. The number of likely N-dealkylation sites (N-methyl/N-ethyl adjacent to an activating group) is 1. The summed E-state index contributed by atoms with van der Waals surface area (Å²) >= 11 is 0. The van der Waals surface area contributed by atoms with Gasteiger partial charge < -0.3 is 10.6 Å². The predicted octanol–water partition coefficient (Wildman–Crippen LogP) is -0.892. The summed E-state index contributed by atoms with van der Waals surface area (Å²) in [6.45, 7) is 2.37. The van der Waals surface area contributed by atoms with Gasteiger partial charge in [0.05, 0.1) is 6.54 Å². The van der Waals surface area contributed by atoms with Gasteiger partial charge >= 0.3 is 0 Å². The van der Waals surface area contributed by atoms with Crippen LogP contribution in [-0.2, 0) is 4.79 Å². The molecule has 0 aliphatic carbocycles. The van der Waals surface area contributed by atoms with E-state index in [1.165, 1.54) is 0 Å². The molecule has 1 fully saturated rings. The summed E-state index contributed by atoms with van der Waals surface area (Å²) in [5, 5.41) is 0. The number of carbonyl (C=O) groups excluding carboxylic acids is 1. The van der Waals surface area contributed by atoms with Gasteiger partial charge in [0.25, 0.3) is 0 Å². The molecule has 1 atom stereocenters. The van der Waals surface area contributed by atoms with Crippen LogP contribution in [0.5, 0.6) is 0 Å². The number of hydrogen-bond donors (Lipinski definition) is 1. The van der Waals surface area contributed by atoms with Crippen molar-refractivity contribution in [2.45, 2.75) is 12.5 Å². The zero-order valence-electron chi connectivity index (χ0n) is 7.79. The van der Waals surface area contributed by atoms with Crippen LogP contribution >= 0.6 is 0 Å². The monoisotopic (exact) mass is 171 g/mol. The van der Waals surface area contributed by atoms with Crippen LogP contribution < -0.4 is 5.73 Å². The van der Waals surface area contributed by atoms with Gasteiger partial charge in [-0.2, -0.15) is 0 Å². The summed E-state index contributed by atoms with van der Waals surface area (Å²) in [5.41, 5.74) is 5.10. The Balaban J connectivity index is 2.30. The van der Waals surface area contributed by atoms with Crippen molar-refractivity contribution in [3.05, 3.63) is 0 Å². The third-order valence-corrected chi connectivity index (χ3v) is 2.36. The second-order valence-electron chi connectivity index (χ2n) is 3.61. The minimum Gasteiger partial charge on any atom is -0.369 e. The summed E-state index contributed by atoms with van der Waals surface area (Å²) < 4.78 is 0. The third kappa shape index (κ3) is 2.46. The molecule has 1 rings (SSSR count). The van der Waals surface area contributed by atoms with Crippen LogP contribution in [-0.4, -0.2) is 55.5 Å². The smallest absolute Gasteiger partial charge is 0.231 e. The van der Waals surface area contributed by atoms with Gasteiger partial charge in [-0.3, -0.25) is 9.69 Å². The topological polar surface area (TPSA) is 49.6 Å². The van der Waals surface area contributed by atoms with E-state index in [0.717, 1.165) is 19.5 Å². The Morgan fingerprint density at radius 2 is 2.33 bits per heavy atom. The van der Waals surface area contributed by atoms with Crippen LogP contribution in [0.15, 0.2) is 0 Å². The normalized spacial score (nSPS) is 25.1. The molecule has 2 N–H and O–H groups in total. The molecule has 1 amide bonds. The Morgan fingerprint density at radius 3 is 2.75 bits per heavy atom. The lowest BCUT2D eigenvalue weighted by atomic mass is 10.2. The molecule has 0 unspecified atom stereocenters. The molecule has 0 radical (unpaired) electrons. The second-order valence-corrected chi connectivity index (χ2v) is 3.61. The molecule has 70 valence electrons. The van der Waals surface area contributed by atoms with E-state index < -0.39 is 0 Å². The number of likely N-dealkylation sites (tertiary alicyclic amines) is 1. The van der Waals surface area contributed by atoms with Crippen LogP contribution in [0.25, 0.3) is 0 Å². The molecule has 1 aliphatic rings. The van der Waals surface area contributed by atoms with Crippen molar-refractivity contribution < 1.29 is 4.79 Å². The van der Waals surface area contributed by atoms with Crippen LogP contribution in [0.2, 0.25) is 0 Å². The highest BCUT2D eigenvalue weighted by atomic mass is 16.1. The van der Waals surface area contributed by atoms with Crippen molar-refractivity contribution in [1.82, 2.24) is 9.80 Å². The first-order valence-electron chi connectivity index (χ1n) is 4.26. The molecule has 4 heteroatoms. The molecule has 4 nitrogen and oxygen atoms in total. The molecule has 1 aliphatic heterocycles. The predicted molar refractivity (Wildman–Crippen MR) is 47.7 cm³/mol. The van der Waals surface area contributed by atoms with Gasteiger partial charge in [0.1, 0.15) is 0 Å². The second kappa shape index (κ2) is 3.87. The molecule has 12 heavy (non-hydrogen) atoms. The summed E-state index contributed by atoms with van der Waals surface area (Å²) in [6, 6.07) is 0.587. The summed E-state index contributed by atoms with van der Waals surface area (Å²) in [4.78, 5) is 14.9. The number of nitrogens with zero attached hydrogens (tertiary/aromatic N) is 2. The van der Waals surface area contributed by atoms with Gasteiger partial charge in [-0.1, -0.05) is 0 Å². The molecule has 0 saturated carbocycles. The first-order chi connectivity index (χ1) is 5.59. The van der Waals surface area contributed by atoms with Gasteiger partial charge in [-0.15, -0.1) is 0 Å². The Hall–Kier alpha value is -0.610. The Kier molecular flexibility index (Phi) is 3.05. The Morgan fingerprint density at radius 1 is 1.67 bits per heavy atom. The number of amides is 1. The lowest BCUT2D eigenvalue weighted by Gasteiger charge is -2.19. The van der Waals surface area contributed by atoms with Crippen molar-refractivity contribution in [3.63, 3.8) is 0 Å². The van der Waals surface area contributed by atoms with E-state index in [1.54, 1.807) is 0 Å². The van der Waals surface area contributed by atoms with Crippen molar-refractivity contribution in [2.24, 2.45) is 5.73 Å². The molecule has 0 spiro atoms. The Labute approximate surface area is 73.3 Å². The first-order valence-corrected chi connectivity index (χ1v) is 4.26. The average Bonchev–Trinajstić information content (AvgIpc) is 2.34. The molecular weight excluding hydrogens is 154 g/mol. The molecular formula is C8H17N3O. The van der Waals surface area contributed by atoms with E-state index in [4.69, 9.17) is 5.73 Å². The third-order valence-electron chi connectivity index (χ3n) is 2.36. The maximum atomic E-state index is 10.6. The minimum absolute atomic E-state index is 0.227. The minimum atomic E-state index is -0.227.